The molecule has 0 spiro atoms. The summed E-state index contributed by atoms with van der Waals surface area (Å²) in [5.41, 5.74) is 1.86. The Morgan fingerprint density at radius 2 is 2.27 bits per heavy atom. The Hall–Kier alpha value is -1.91. The third-order valence-electron chi connectivity index (χ3n) is 2.61. The van der Waals surface area contributed by atoms with Gasteiger partial charge in [0.25, 0.3) is 0 Å². The Morgan fingerprint density at radius 3 is 2.93 bits per heavy atom. The van der Waals surface area contributed by atoms with Crippen LogP contribution in [0.1, 0.15) is 29.2 Å². The largest absolute Gasteiger partial charge is 0.478 e. The molecule has 76 valence electrons. The maximum atomic E-state index is 10.8. The van der Waals surface area contributed by atoms with Gasteiger partial charge in [0.2, 0.25) is 0 Å². The van der Waals surface area contributed by atoms with Crippen LogP contribution in [0.2, 0.25) is 0 Å². The molecule has 1 heterocycles. The van der Waals surface area contributed by atoms with Crippen molar-refractivity contribution in [3.8, 4) is 0 Å². The Morgan fingerprint density at radius 1 is 1.47 bits per heavy atom. The van der Waals surface area contributed by atoms with Gasteiger partial charge in [-0.1, -0.05) is 5.21 Å². The van der Waals surface area contributed by atoms with Crippen LogP contribution in [-0.2, 0) is 0 Å². The van der Waals surface area contributed by atoms with Crippen LogP contribution in [-0.4, -0.2) is 26.1 Å². The van der Waals surface area contributed by atoms with Crippen LogP contribution < -0.4 is 0 Å². The van der Waals surface area contributed by atoms with Crippen molar-refractivity contribution in [2.75, 3.05) is 0 Å². The van der Waals surface area contributed by atoms with Crippen molar-refractivity contribution in [2.24, 2.45) is 0 Å². The molecule has 5 nitrogen and oxygen atoms in total. The molecular weight excluding hydrogens is 194 g/mol. The minimum Gasteiger partial charge on any atom is -0.478 e. The normalized spacial score (nSPS) is 15.7. The molecular formula is C10H9N3O2. The molecule has 0 aliphatic heterocycles. The SMILES string of the molecule is O=C(O)c1ccc2nnn(C3CC3)c2c1. The van der Waals surface area contributed by atoms with E-state index in [4.69, 9.17) is 5.11 Å². The first-order valence-corrected chi connectivity index (χ1v) is 4.84. The van der Waals surface area contributed by atoms with Crippen LogP contribution in [0.5, 0.6) is 0 Å². The predicted molar refractivity (Wildman–Crippen MR) is 52.8 cm³/mol. The van der Waals surface area contributed by atoms with Gasteiger partial charge in [-0.05, 0) is 31.0 Å². The van der Waals surface area contributed by atoms with Crippen molar-refractivity contribution < 1.29 is 9.90 Å². The molecule has 1 fully saturated rings. The summed E-state index contributed by atoms with van der Waals surface area (Å²) in [6.45, 7) is 0. The molecule has 2 aromatic rings. The lowest BCUT2D eigenvalue weighted by Gasteiger charge is -1.98. The number of aromatic nitrogens is 3. The number of carboxylic acid groups (broad SMARTS) is 1. The van der Waals surface area contributed by atoms with Gasteiger partial charge in [-0.2, -0.15) is 0 Å². The maximum Gasteiger partial charge on any atom is 0.335 e. The van der Waals surface area contributed by atoms with E-state index < -0.39 is 5.97 Å². The first-order valence-electron chi connectivity index (χ1n) is 4.84. The summed E-state index contributed by atoms with van der Waals surface area (Å²) >= 11 is 0. The van der Waals surface area contributed by atoms with E-state index in [2.05, 4.69) is 10.3 Å². The zero-order chi connectivity index (χ0) is 10.4. The summed E-state index contributed by atoms with van der Waals surface area (Å²) in [6, 6.07) is 5.30. The summed E-state index contributed by atoms with van der Waals surface area (Å²) in [5.74, 6) is -0.916. The molecule has 3 rings (SSSR count). The molecule has 0 atom stereocenters. The van der Waals surface area contributed by atoms with Gasteiger partial charge < -0.3 is 5.11 Å². The highest BCUT2D eigenvalue weighted by Gasteiger charge is 2.26. The van der Waals surface area contributed by atoms with Gasteiger partial charge in [0.05, 0.1) is 17.1 Å². The van der Waals surface area contributed by atoms with Crippen molar-refractivity contribution in [1.29, 1.82) is 0 Å². The average Bonchev–Trinajstić information content (AvgIpc) is 2.98. The Bertz CT molecular complexity index is 543. The molecule has 1 aromatic carbocycles. The van der Waals surface area contributed by atoms with Crippen molar-refractivity contribution >= 4 is 17.0 Å². The van der Waals surface area contributed by atoms with Crippen LogP contribution >= 0.6 is 0 Å². The highest BCUT2D eigenvalue weighted by atomic mass is 16.4. The molecule has 15 heavy (non-hydrogen) atoms. The first-order chi connectivity index (χ1) is 7.25. The second-order valence-corrected chi connectivity index (χ2v) is 3.77. The minimum absolute atomic E-state index is 0.284. The number of nitrogens with zero attached hydrogens (tertiary/aromatic N) is 3. The number of benzene rings is 1. The number of carboxylic acids is 1. The van der Waals surface area contributed by atoms with Crippen molar-refractivity contribution in [2.45, 2.75) is 18.9 Å². The molecule has 1 aliphatic carbocycles. The van der Waals surface area contributed by atoms with Gasteiger partial charge in [-0.15, -0.1) is 5.10 Å². The lowest BCUT2D eigenvalue weighted by Crippen LogP contribution is -1.99. The monoisotopic (exact) mass is 203 g/mol. The highest BCUT2D eigenvalue weighted by molar-refractivity contribution is 5.92. The standard InChI is InChI=1S/C10H9N3O2/c14-10(15)6-1-4-8-9(5-6)13(12-11-8)7-2-3-7/h1,4-5,7H,2-3H2,(H,14,15). The van der Waals surface area contributed by atoms with Crippen LogP contribution in [0.3, 0.4) is 0 Å². The lowest BCUT2D eigenvalue weighted by atomic mass is 10.2. The second kappa shape index (κ2) is 2.79. The van der Waals surface area contributed by atoms with Crippen LogP contribution in [0, 0.1) is 0 Å². The topological polar surface area (TPSA) is 68.0 Å². The maximum absolute atomic E-state index is 10.8. The molecule has 0 radical (unpaired) electrons. The zero-order valence-corrected chi connectivity index (χ0v) is 7.92. The number of rotatable bonds is 2. The molecule has 0 bridgehead atoms. The fourth-order valence-corrected chi connectivity index (χ4v) is 1.66. The minimum atomic E-state index is -0.916. The van der Waals surface area contributed by atoms with Crippen LogP contribution in [0.4, 0.5) is 0 Å². The molecule has 1 N–H and O–H groups in total. The van der Waals surface area contributed by atoms with Crippen LogP contribution in [0.25, 0.3) is 11.0 Å². The second-order valence-electron chi connectivity index (χ2n) is 3.77. The quantitative estimate of drug-likeness (QED) is 0.802. The van der Waals surface area contributed by atoms with E-state index in [9.17, 15) is 4.79 Å². The first kappa shape index (κ1) is 8.40. The number of fused-ring (bicyclic) bond motifs is 1. The van der Waals surface area contributed by atoms with Gasteiger partial charge in [-0.3, -0.25) is 0 Å². The Balaban J connectivity index is 2.21. The predicted octanol–water partition coefficient (Wildman–Crippen LogP) is 1.46. The van der Waals surface area contributed by atoms with Gasteiger partial charge in [-0.25, -0.2) is 9.48 Å². The smallest absolute Gasteiger partial charge is 0.335 e. The summed E-state index contributed by atoms with van der Waals surface area (Å²) in [7, 11) is 0. The van der Waals surface area contributed by atoms with Crippen molar-refractivity contribution in [3.63, 3.8) is 0 Å². The average molecular weight is 203 g/mol. The molecule has 1 aliphatic rings. The van der Waals surface area contributed by atoms with E-state index in [-0.39, 0.29) is 5.56 Å². The summed E-state index contributed by atoms with van der Waals surface area (Å²) in [5, 5.41) is 16.9. The molecule has 0 saturated heterocycles. The van der Waals surface area contributed by atoms with E-state index in [0.717, 1.165) is 23.9 Å². The molecule has 0 unspecified atom stereocenters. The van der Waals surface area contributed by atoms with Gasteiger partial charge in [0, 0.05) is 0 Å². The van der Waals surface area contributed by atoms with Gasteiger partial charge in [0.1, 0.15) is 5.52 Å². The lowest BCUT2D eigenvalue weighted by molar-refractivity contribution is 0.0697. The van der Waals surface area contributed by atoms with Crippen molar-refractivity contribution in [1.82, 2.24) is 15.0 Å². The van der Waals surface area contributed by atoms with E-state index in [1.165, 1.54) is 0 Å². The van der Waals surface area contributed by atoms with E-state index in [1.54, 1.807) is 18.2 Å². The third kappa shape index (κ3) is 1.27. The van der Waals surface area contributed by atoms with Crippen LogP contribution in [0.15, 0.2) is 18.2 Å². The Labute approximate surface area is 85.3 Å². The Kier molecular flexibility index (Phi) is 1.56. The molecule has 1 saturated carbocycles. The van der Waals surface area contributed by atoms with Crippen molar-refractivity contribution in [3.05, 3.63) is 23.8 Å². The highest BCUT2D eigenvalue weighted by Crippen LogP contribution is 2.36. The van der Waals surface area contributed by atoms with Gasteiger partial charge in [0.15, 0.2) is 0 Å². The van der Waals surface area contributed by atoms with E-state index in [0.29, 0.717) is 6.04 Å². The summed E-state index contributed by atoms with van der Waals surface area (Å²) in [4.78, 5) is 10.8. The zero-order valence-electron chi connectivity index (χ0n) is 7.92. The number of hydrogen-bond acceptors (Lipinski definition) is 3. The molecule has 0 amide bonds. The van der Waals surface area contributed by atoms with E-state index in [1.807, 2.05) is 4.68 Å². The third-order valence-corrected chi connectivity index (χ3v) is 2.61. The van der Waals surface area contributed by atoms with E-state index >= 15 is 0 Å². The fourth-order valence-electron chi connectivity index (χ4n) is 1.66. The molecule has 5 heteroatoms. The number of aromatic carboxylic acids is 1. The number of carbonyl (C=O) groups is 1. The number of hydrogen-bond donors (Lipinski definition) is 1. The fraction of sp³-hybridized carbons (Fsp3) is 0.300. The van der Waals surface area contributed by atoms with Gasteiger partial charge >= 0.3 is 5.97 Å². The molecule has 1 aromatic heterocycles. The summed E-state index contributed by atoms with van der Waals surface area (Å²) in [6.07, 6.45) is 2.21. The summed E-state index contributed by atoms with van der Waals surface area (Å²) < 4.78 is 1.82.